The summed E-state index contributed by atoms with van der Waals surface area (Å²) in [6, 6.07) is 2.56. The van der Waals surface area contributed by atoms with E-state index in [-0.39, 0.29) is 18.2 Å². The van der Waals surface area contributed by atoms with Crippen LogP contribution in [-0.4, -0.2) is 24.4 Å². The molecule has 1 aromatic heterocycles. The lowest BCUT2D eigenvalue weighted by atomic mass is 10.3. The summed E-state index contributed by atoms with van der Waals surface area (Å²) >= 11 is 0. The van der Waals surface area contributed by atoms with Crippen molar-refractivity contribution in [1.29, 1.82) is 0 Å². The maximum atomic E-state index is 11.7. The van der Waals surface area contributed by atoms with Gasteiger partial charge in [0.1, 0.15) is 11.8 Å². The van der Waals surface area contributed by atoms with Crippen molar-refractivity contribution in [2.75, 3.05) is 6.54 Å². The first-order chi connectivity index (χ1) is 8.08. The number of amides is 2. The summed E-state index contributed by atoms with van der Waals surface area (Å²) in [5.41, 5.74) is 5.36. The molecule has 17 heavy (non-hydrogen) atoms. The molecule has 0 aliphatic rings. The minimum atomic E-state index is -0.603. The van der Waals surface area contributed by atoms with Crippen molar-refractivity contribution in [2.45, 2.75) is 26.4 Å². The van der Waals surface area contributed by atoms with Gasteiger partial charge in [-0.3, -0.25) is 9.59 Å². The second-order valence-corrected chi connectivity index (χ2v) is 3.56. The van der Waals surface area contributed by atoms with Gasteiger partial charge in [0.05, 0.1) is 6.54 Å². The molecule has 1 atom stereocenters. The molecule has 0 spiro atoms. The average molecular weight is 239 g/mol. The number of carbonyl (C=O) groups excluding carboxylic acids is 2. The molecular weight excluding hydrogens is 222 g/mol. The molecule has 0 aromatic carbocycles. The molecule has 0 aliphatic heterocycles. The Morgan fingerprint density at radius 2 is 2.18 bits per heavy atom. The van der Waals surface area contributed by atoms with Crippen molar-refractivity contribution < 1.29 is 14.0 Å². The summed E-state index contributed by atoms with van der Waals surface area (Å²) in [5.74, 6) is 0.0253. The summed E-state index contributed by atoms with van der Waals surface area (Å²) in [6.07, 6.45) is 0. The highest BCUT2D eigenvalue weighted by molar-refractivity contribution is 5.95. The fourth-order valence-electron chi connectivity index (χ4n) is 1.27. The van der Waals surface area contributed by atoms with Gasteiger partial charge >= 0.3 is 0 Å². The van der Waals surface area contributed by atoms with Gasteiger partial charge in [-0.25, -0.2) is 0 Å². The highest BCUT2D eigenvalue weighted by Crippen LogP contribution is 2.06. The zero-order valence-electron chi connectivity index (χ0n) is 9.95. The average Bonchev–Trinajstić information content (AvgIpc) is 2.77. The Balaban J connectivity index is 2.56. The van der Waals surface area contributed by atoms with Crippen molar-refractivity contribution in [1.82, 2.24) is 10.6 Å². The van der Waals surface area contributed by atoms with Crippen molar-refractivity contribution in [3.8, 4) is 0 Å². The molecule has 4 N–H and O–H groups in total. The molecule has 0 saturated carbocycles. The van der Waals surface area contributed by atoms with E-state index < -0.39 is 11.9 Å². The highest BCUT2D eigenvalue weighted by atomic mass is 16.4. The summed E-state index contributed by atoms with van der Waals surface area (Å²) < 4.78 is 5.17. The molecular formula is C11H17N3O3. The monoisotopic (exact) mass is 239 g/mol. The molecule has 0 saturated heterocycles. The van der Waals surface area contributed by atoms with Gasteiger partial charge in [0.25, 0.3) is 5.91 Å². The Bertz CT molecular complexity index is 400. The molecule has 94 valence electrons. The normalized spacial score (nSPS) is 11.9. The second kappa shape index (κ2) is 6.05. The Kier molecular flexibility index (Phi) is 4.71. The maximum Gasteiger partial charge on any atom is 0.287 e. The SMILES string of the molecule is CCNC(=O)C(C)NC(=O)c1ccc(CN)o1. The molecule has 2 amide bonds. The summed E-state index contributed by atoms with van der Waals surface area (Å²) in [6.45, 7) is 4.18. The van der Waals surface area contributed by atoms with Gasteiger partial charge in [0.2, 0.25) is 5.91 Å². The van der Waals surface area contributed by atoms with E-state index in [0.29, 0.717) is 12.3 Å². The third-order valence-electron chi connectivity index (χ3n) is 2.18. The Morgan fingerprint density at radius 3 is 2.71 bits per heavy atom. The van der Waals surface area contributed by atoms with Crippen molar-refractivity contribution in [3.05, 3.63) is 23.7 Å². The number of hydrogen-bond donors (Lipinski definition) is 3. The largest absolute Gasteiger partial charge is 0.455 e. The smallest absolute Gasteiger partial charge is 0.287 e. The Labute approximate surface area is 99.5 Å². The molecule has 0 bridgehead atoms. The maximum absolute atomic E-state index is 11.7. The van der Waals surface area contributed by atoms with Crippen LogP contribution >= 0.6 is 0 Å². The van der Waals surface area contributed by atoms with Crippen LogP contribution < -0.4 is 16.4 Å². The summed E-state index contributed by atoms with van der Waals surface area (Å²) in [4.78, 5) is 23.1. The molecule has 0 radical (unpaired) electrons. The molecule has 0 fully saturated rings. The number of nitrogens with two attached hydrogens (primary N) is 1. The van der Waals surface area contributed by atoms with Crippen LogP contribution in [0.5, 0.6) is 0 Å². The van der Waals surface area contributed by atoms with Crippen molar-refractivity contribution in [2.24, 2.45) is 5.73 Å². The topological polar surface area (TPSA) is 97.4 Å². The van der Waals surface area contributed by atoms with Gasteiger partial charge in [-0.05, 0) is 26.0 Å². The van der Waals surface area contributed by atoms with Crippen LogP contribution in [0.25, 0.3) is 0 Å². The molecule has 6 nitrogen and oxygen atoms in total. The molecule has 1 unspecified atom stereocenters. The van der Waals surface area contributed by atoms with Crippen LogP contribution in [0.1, 0.15) is 30.2 Å². The Morgan fingerprint density at radius 1 is 1.47 bits per heavy atom. The van der Waals surface area contributed by atoms with Crippen molar-refractivity contribution in [3.63, 3.8) is 0 Å². The van der Waals surface area contributed by atoms with Gasteiger partial charge in [-0.1, -0.05) is 0 Å². The van der Waals surface area contributed by atoms with Crippen LogP contribution in [0.3, 0.4) is 0 Å². The van der Waals surface area contributed by atoms with Crippen LogP contribution in [0, 0.1) is 0 Å². The molecule has 1 rings (SSSR count). The van der Waals surface area contributed by atoms with Crippen LogP contribution in [-0.2, 0) is 11.3 Å². The highest BCUT2D eigenvalue weighted by Gasteiger charge is 2.17. The van der Waals surface area contributed by atoms with E-state index in [9.17, 15) is 9.59 Å². The van der Waals surface area contributed by atoms with E-state index in [0.717, 1.165) is 0 Å². The van der Waals surface area contributed by atoms with E-state index >= 15 is 0 Å². The standard InChI is InChI=1S/C11H17N3O3/c1-3-13-10(15)7(2)14-11(16)9-5-4-8(6-12)17-9/h4-5,7H,3,6,12H2,1-2H3,(H,13,15)(H,14,16). The van der Waals surface area contributed by atoms with Gasteiger partial charge in [-0.15, -0.1) is 0 Å². The van der Waals surface area contributed by atoms with Crippen LogP contribution in [0.15, 0.2) is 16.5 Å². The summed E-state index contributed by atoms with van der Waals surface area (Å²) in [5, 5.41) is 5.15. The third-order valence-corrected chi connectivity index (χ3v) is 2.18. The third kappa shape index (κ3) is 3.60. The predicted molar refractivity (Wildman–Crippen MR) is 62.2 cm³/mol. The zero-order valence-corrected chi connectivity index (χ0v) is 9.95. The predicted octanol–water partition coefficient (Wildman–Crippen LogP) is -0.00730. The number of rotatable bonds is 5. The Hall–Kier alpha value is -1.82. The van der Waals surface area contributed by atoms with E-state index in [2.05, 4.69) is 10.6 Å². The lowest BCUT2D eigenvalue weighted by Gasteiger charge is -2.11. The minimum absolute atomic E-state index is 0.154. The van der Waals surface area contributed by atoms with Gasteiger partial charge in [-0.2, -0.15) is 0 Å². The molecule has 1 heterocycles. The van der Waals surface area contributed by atoms with E-state index in [1.807, 2.05) is 6.92 Å². The first kappa shape index (κ1) is 13.2. The number of likely N-dealkylation sites (N-methyl/N-ethyl adjacent to an activating group) is 1. The van der Waals surface area contributed by atoms with E-state index in [1.165, 1.54) is 6.07 Å². The fourth-order valence-corrected chi connectivity index (χ4v) is 1.27. The number of furan rings is 1. The molecule has 0 aliphatic carbocycles. The number of carbonyl (C=O) groups is 2. The quantitative estimate of drug-likeness (QED) is 0.673. The fraction of sp³-hybridized carbons (Fsp3) is 0.455. The van der Waals surface area contributed by atoms with Crippen LogP contribution in [0.2, 0.25) is 0 Å². The van der Waals surface area contributed by atoms with Crippen molar-refractivity contribution >= 4 is 11.8 Å². The molecule has 1 aromatic rings. The van der Waals surface area contributed by atoms with Crippen LogP contribution in [0.4, 0.5) is 0 Å². The lowest BCUT2D eigenvalue weighted by molar-refractivity contribution is -0.122. The first-order valence-corrected chi connectivity index (χ1v) is 5.45. The van der Waals surface area contributed by atoms with Gasteiger partial charge < -0.3 is 20.8 Å². The first-order valence-electron chi connectivity index (χ1n) is 5.45. The lowest BCUT2D eigenvalue weighted by Crippen LogP contribution is -2.44. The van der Waals surface area contributed by atoms with Gasteiger partial charge in [0, 0.05) is 6.54 Å². The second-order valence-electron chi connectivity index (χ2n) is 3.56. The van der Waals surface area contributed by atoms with E-state index in [4.69, 9.17) is 10.2 Å². The van der Waals surface area contributed by atoms with Gasteiger partial charge in [0.15, 0.2) is 5.76 Å². The summed E-state index contributed by atoms with van der Waals surface area (Å²) in [7, 11) is 0. The minimum Gasteiger partial charge on any atom is -0.455 e. The number of hydrogen-bond acceptors (Lipinski definition) is 4. The van der Waals surface area contributed by atoms with E-state index in [1.54, 1.807) is 13.0 Å². The number of nitrogens with one attached hydrogen (secondary N) is 2. The zero-order chi connectivity index (χ0) is 12.8. The molecule has 6 heteroatoms.